The van der Waals surface area contributed by atoms with Gasteiger partial charge in [-0.25, -0.2) is 0 Å². The van der Waals surface area contributed by atoms with Crippen LogP contribution in [0, 0.1) is 0 Å². The molecule has 2 aromatic carbocycles. The van der Waals surface area contributed by atoms with E-state index in [2.05, 4.69) is 0 Å². The summed E-state index contributed by atoms with van der Waals surface area (Å²) < 4.78 is 0. The normalized spacial score (nSPS) is 14.8. The zero-order valence-electron chi connectivity index (χ0n) is 11.0. The molecule has 0 saturated heterocycles. The molecule has 0 fully saturated rings. The molecule has 0 amide bonds. The number of hydrogen-bond acceptors (Lipinski definition) is 1. The quantitative estimate of drug-likeness (QED) is 0.808. The van der Waals surface area contributed by atoms with Crippen LogP contribution in [0.2, 0.25) is 0 Å². The number of benzene rings is 2. The van der Waals surface area contributed by atoms with Gasteiger partial charge in [-0.05, 0) is 24.1 Å². The smallest absolute Gasteiger partial charge is 0.105 e. The monoisotopic (exact) mass is 250 g/mol. The minimum absolute atomic E-state index is 0.888. The maximum Gasteiger partial charge on any atom is 0.105 e. The Labute approximate surface area is 114 Å². The van der Waals surface area contributed by atoms with Gasteiger partial charge in [-0.3, -0.25) is 0 Å². The van der Waals surface area contributed by atoms with Crippen LogP contribution < -0.4 is 0 Å². The lowest BCUT2D eigenvalue weighted by molar-refractivity contribution is 0.111. The molecule has 0 spiro atoms. The summed E-state index contributed by atoms with van der Waals surface area (Å²) in [4.78, 5) is 0. The standard InChI is InChI=1S/C18H18O/c1-18(19,17-13-6-3-7-14-17)15-9-8-12-16-10-4-2-5-11-16/h2-15,19H,1H3. The lowest BCUT2D eigenvalue weighted by Crippen LogP contribution is -2.17. The van der Waals surface area contributed by atoms with E-state index in [0.29, 0.717) is 0 Å². The largest absolute Gasteiger partial charge is 0.381 e. The second kappa shape index (κ2) is 6.17. The Morgan fingerprint density at radius 3 is 2.05 bits per heavy atom. The number of allylic oxidation sites excluding steroid dienone is 2. The summed E-state index contributed by atoms with van der Waals surface area (Å²) in [7, 11) is 0. The predicted molar refractivity (Wildman–Crippen MR) is 80.6 cm³/mol. The fourth-order valence-electron chi connectivity index (χ4n) is 1.85. The summed E-state index contributed by atoms with van der Waals surface area (Å²) in [6.45, 7) is 1.79. The summed E-state index contributed by atoms with van der Waals surface area (Å²) in [6, 6.07) is 19.7. The number of hydrogen-bond donors (Lipinski definition) is 1. The van der Waals surface area contributed by atoms with E-state index in [1.807, 2.05) is 78.9 Å². The van der Waals surface area contributed by atoms with Gasteiger partial charge in [0, 0.05) is 0 Å². The van der Waals surface area contributed by atoms with Crippen LogP contribution in [0.1, 0.15) is 18.1 Å². The summed E-state index contributed by atoms with van der Waals surface area (Å²) in [5, 5.41) is 10.4. The molecule has 1 N–H and O–H groups in total. The first-order chi connectivity index (χ1) is 9.18. The van der Waals surface area contributed by atoms with E-state index in [0.717, 1.165) is 11.1 Å². The molecule has 96 valence electrons. The molecule has 2 rings (SSSR count). The van der Waals surface area contributed by atoms with Gasteiger partial charge in [0.2, 0.25) is 0 Å². The summed E-state index contributed by atoms with van der Waals surface area (Å²) in [5.41, 5.74) is 1.09. The van der Waals surface area contributed by atoms with E-state index in [1.54, 1.807) is 13.0 Å². The van der Waals surface area contributed by atoms with Crippen molar-refractivity contribution >= 4 is 6.08 Å². The first-order valence-corrected chi connectivity index (χ1v) is 6.37. The van der Waals surface area contributed by atoms with Gasteiger partial charge in [0.25, 0.3) is 0 Å². The second-order valence-corrected chi connectivity index (χ2v) is 4.64. The molecule has 0 aliphatic heterocycles. The Morgan fingerprint density at radius 2 is 1.42 bits per heavy atom. The van der Waals surface area contributed by atoms with Gasteiger partial charge < -0.3 is 5.11 Å². The van der Waals surface area contributed by atoms with Crippen LogP contribution in [0.4, 0.5) is 0 Å². The Bertz CT molecular complexity index is 551. The van der Waals surface area contributed by atoms with E-state index >= 15 is 0 Å². The molecule has 2 aromatic rings. The Morgan fingerprint density at radius 1 is 0.842 bits per heavy atom. The summed E-state index contributed by atoms with van der Waals surface area (Å²) >= 11 is 0. The first-order valence-electron chi connectivity index (χ1n) is 6.37. The van der Waals surface area contributed by atoms with Crippen LogP contribution in [-0.4, -0.2) is 5.11 Å². The Kier molecular flexibility index (Phi) is 4.32. The van der Waals surface area contributed by atoms with Crippen molar-refractivity contribution in [3.8, 4) is 0 Å². The van der Waals surface area contributed by atoms with E-state index in [4.69, 9.17) is 0 Å². The highest BCUT2D eigenvalue weighted by atomic mass is 16.3. The molecule has 0 saturated carbocycles. The van der Waals surface area contributed by atoms with Gasteiger partial charge in [0.05, 0.1) is 0 Å². The zero-order chi connectivity index (χ0) is 13.6. The first kappa shape index (κ1) is 13.3. The minimum Gasteiger partial charge on any atom is -0.381 e. The van der Waals surface area contributed by atoms with Gasteiger partial charge in [0.15, 0.2) is 0 Å². The maximum absolute atomic E-state index is 10.4. The van der Waals surface area contributed by atoms with Crippen LogP contribution >= 0.6 is 0 Å². The van der Waals surface area contributed by atoms with E-state index in [9.17, 15) is 5.11 Å². The fraction of sp³-hybridized carbons (Fsp3) is 0.111. The summed E-state index contributed by atoms with van der Waals surface area (Å²) in [6.07, 6.45) is 7.62. The molecule has 0 aliphatic rings. The van der Waals surface area contributed by atoms with Crippen molar-refractivity contribution in [2.24, 2.45) is 0 Å². The van der Waals surface area contributed by atoms with Gasteiger partial charge in [0.1, 0.15) is 5.60 Å². The fourth-order valence-corrected chi connectivity index (χ4v) is 1.85. The van der Waals surface area contributed by atoms with E-state index < -0.39 is 5.60 Å². The third-order valence-corrected chi connectivity index (χ3v) is 2.98. The number of rotatable bonds is 4. The maximum atomic E-state index is 10.4. The Hall–Kier alpha value is -2.12. The zero-order valence-corrected chi connectivity index (χ0v) is 11.0. The van der Waals surface area contributed by atoms with Crippen LogP contribution in [0.3, 0.4) is 0 Å². The molecule has 0 heterocycles. The van der Waals surface area contributed by atoms with Crippen molar-refractivity contribution in [1.82, 2.24) is 0 Å². The van der Waals surface area contributed by atoms with Crippen molar-refractivity contribution in [3.63, 3.8) is 0 Å². The van der Waals surface area contributed by atoms with Crippen LogP contribution in [0.15, 0.2) is 78.9 Å². The molecule has 1 unspecified atom stereocenters. The van der Waals surface area contributed by atoms with Crippen LogP contribution in [0.25, 0.3) is 6.08 Å². The lowest BCUT2D eigenvalue weighted by Gasteiger charge is -2.18. The third-order valence-electron chi connectivity index (χ3n) is 2.98. The van der Waals surface area contributed by atoms with Gasteiger partial charge >= 0.3 is 0 Å². The highest BCUT2D eigenvalue weighted by Crippen LogP contribution is 2.21. The average molecular weight is 250 g/mol. The lowest BCUT2D eigenvalue weighted by atomic mass is 9.95. The predicted octanol–water partition coefficient (Wildman–Crippen LogP) is 4.16. The van der Waals surface area contributed by atoms with Crippen molar-refractivity contribution in [2.45, 2.75) is 12.5 Å². The Balaban J connectivity index is 2.05. The molecular formula is C18H18O. The third kappa shape index (κ3) is 3.94. The average Bonchev–Trinajstić information content (AvgIpc) is 2.46. The molecule has 0 radical (unpaired) electrons. The molecular weight excluding hydrogens is 232 g/mol. The highest BCUT2D eigenvalue weighted by Gasteiger charge is 2.17. The molecule has 0 aliphatic carbocycles. The second-order valence-electron chi connectivity index (χ2n) is 4.64. The van der Waals surface area contributed by atoms with E-state index in [1.165, 1.54) is 0 Å². The van der Waals surface area contributed by atoms with Gasteiger partial charge in [-0.2, -0.15) is 0 Å². The van der Waals surface area contributed by atoms with Gasteiger partial charge in [-0.1, -0.05) is 78.9 Å². The molecule has 19 heavy (non-hydrogen) atoms. The van der Waals surface area contributed by atoms with E-state index in [-0.39, 0.29) is 0 Å². The topological polar surface area (TPSA) is 20.2 Å². The molecule has 1 nitrogen and oxygen atoms in total. The van der Waals surface area contributed by atoms with Crippen molar-refractivity contribution in [1.29, 1.82) is 0 Å². The highest BCUT2D eigenvalue weighted by molar-refractivity contribution is 5.50. The molecule has 0 aromatic heterocycles. The van der Waals surface area contributed by atoms with Crippen LogP contribution in [0.5, 0.6) is 0 Å². The minimum atomic E-state index is -0.942. The SMILES string of the molecule is CC(O)(C=CC=Cc1ccccc1)c1ccccc1. The summed E-state index contributed by atoms with van der Waals surface area (Å²) in [5.74, 6) is 0. The number of aliphatic hydroxyl groups is 1. The molecule has 1 atom stereocenters. The molecule has 0 bridgehead atoms. The van der Waals surface area contributed by atoms with Gasteiger partial charge in [-0.15, -0.1) is 0 Å². The molecule has 1 heteroatoms. The van der Waals surface area contributed by atoms with Crippen molar-refractivity contribution in [2.75, 3.05) is 0 Å². The van der Waals surface area contributed by atoms with Crippen LogP contribution in [-0.2, 0) is 5.60 Å². The van der Waals surface area contributed by atoms with Crippen molar-refractivity contribution < 1.29 is 5.11 Å². The van der Waals surface area contributed by atoms with Crippen molar-refractivity contribution in [3.05, 3.63) is 90.0 Å².